The Balaban J connectivity index is 2.07. The van der Waals surface area contributed by atoms with Crippen LogP contribution in [-0.2, 0) is 6.42 Å². The highest BCUT2D eigenvalue weighted by Gasteiger charge is 2.06. The van der Waals surface area contributed by atoms with Crippen LogP contribution in [0.4, 0.5) is 0 Å². The maximum atomic E-state index is 6.02. The predicted octanol–water partition coefficient (Wildman–Crippen LogP) is 1.78. The van der Waals surface area contributed by atoms with E-state index in [4.69, 9.17) is 5.73 Å². The van der Waals surface area contributed by atoms with Gasteiger partial charge in [0, 0.05) is 12.2 Å². The lowest BCUT2D eigenvalue weighted by Crippen LogP contribution is -2.13. The average molecular weight is 205 g/mol. The maximum absolute atomic E-state index is 6.02. The Labute approximate surface area is 86.6 Å². The van der Waals surface area contributed by atoms with Crippen LogP contribution in [0, 0.1) is 0 Å². The lowest BCUT2D eigenvalue weighted by molar-refractivity contribution is 0.714. The number of nitrogens with two attached hydrogens (primary N) is 1. The standard InChI is InChI=1S/C10H11N3S/c11-10(5-8-2-4-14-7-8)9-1-3-12-13-6-9/h1-4,6-7,10H,5,11H2. The minimum Gasteiger partial charge on any atom is -0.324 e. The van der Waals surface area contributed by atoms with Crippen molar-refractivity contribution in [2.75, 3.05) is 0 Å². The zero-order chi connectivity index (χ0) is 9.80. The molecule has 0 radical (unpaired) electrons. The summed E-state index contributed by atoms with van der Waals surface area (Å²) in [5.41, 5.74) is 8.33. The summed E-state index contributed by atoms with van der Waals surface area (Å²) in [6.45, 7) is 0. The molecule has 1 unspecified atom stereocenters. The summed E-state index contributed by atoms with van der Waals surface area (Å²) in [6.07, 6.45) is 4.25. The van der Waals surface area contributed by atoms with Gasteiger partial charge >= 0.3 is 0 Å². The SMILES string of the molecule is NC(Cc1ccsc1)c1ccnnc1. The molecule has 2 aromatic rings. The van der Waals surface area contributed by atoms with Crippen molar-refractivity contribution in [1.29, 1.82) is 0 Å². The van der Waals surface area contributed by atoms with Gasteiger partial charge in [-0.05, 0) is 40.4 Å². The van der Waals surface area contributed by atoms with Crippen LogP contribution >= 0.6 is 11.3 Å². The summed E-state index contributed by atoms with van der Waals surface area (Å²) >= 11 is 1.69. The number of aromatic nitrogens is 2. The van der Waals surface area contributed by atoms with Crippen molar-refractivity contribution in [3.8, 4) is 0 Å². The summed E-state index contributed by atoms with van der Waals surface area (Å²) < 4.78 is 0. The molecule has 0 bridgehead atoms. The third-order valence-electron chi connectivity index (χ3n) is 2.07. The summed E-state index contributed by atoms with van der Waals surface area (Å²) in [7, 11) is 0. The Bertz CT molecular complexity index is 372. The zero-order valence-electron chi connectivity index (χ0n) is 7.63. The highest BCUT2D eigenvalue weighted by Crippen LogP contribution is 2.16. The minimum atomic E-state index is 0.0140. The van der Waals surface area contributed by atoms with E-state index in [0.29, 0.717) is 0 Å². The predicted molar refractivity (Wildman–Crippen MR) is 57.0 cm³/mol. The Morgan fingerprint density at radius 2 is 2.29 bits per heavy atom. The van der Waals surface area contributed by atoms with Crippen LogP contribution in [0.5, 0.6) is 0 Å². The summed E-state index contributed by atoms with van der Waals surface area (Å²) in [4.78, 5) is 0. The first-order valence-corrected chi connectivity index (χ1v) is 5.34. The number of rotatable bonds is 3. The molecule has 0 fully saturated rings. The van der Waals surface area contributed by atoms with E-state index in [0.717, 1.165) is 12.0 Å². The summed E-state index contributed by atoms with van der Waals surface area (Å²) in [5.74, 6) is 0. The van der Waals surface area contributed by atoms with Gasteiger partial charge < -0.3 is 5.73 Å². The van der Waals surface area contributed by atoms with Gasteiger partial charge in [-0.1, -0.05) is 0 Å². The van der Waals surface area contributed by atoms with Crippen molar-refractivity contribution in [3.05, 3.63) is 46.4 Å². The highest BCUT2D eigenvalue weighted by molar-refractivity contribution is 7.07. The molecule has 0 spiro atoms. The maximum Gasteiger partial charge on any atom is 0.0544 e. The molecule has 0 saturated heterocycles. The average Bonchev–Trinajstić information content (AvgIpc) is 2.72. The second-order valence-electron chi connectivity index (χ2n) is 3.12. The highest BCUT2D eigenvalue weighted by atomic mass is 32.1. The second-order valence-corrected chi connectivity index (χ2v) is 3.90. The fourth-order valence-corrected chi connectivity index (χ4v) is 1.98. The molecule has 2 rings (SSSR count). The van der Waals surface area contributed by atoms with E-state index in [2.05, 4.69) is 27.0 Å². The first-order chi connectivity index (χ1) is 6.86. The van der Waals surface area contributed by atoms with Crippen LogP contribution in [0.1, 0.15) is 17.2 Å². The molecule has 0 aliphatic rings. The Morgan fingerprint density at radius 3 is 2.93 bits per heavy atom. The Hall–Kier alpha value is -1.26. The molecule has 0 saturated carbocycles. The van der Waals surface area contributed by atoms with Crippen molar-refractivity contribution in [1.82, 2.24) is 10.2 Å². The fourth-order valence-electron chi connectivity index (χ4n) is 1.30. The smallest absolute Gasteiger partial charge is 0.0544 e. The molecule has 2 aromatic heterocycles. The molecule has 72 valence electrons. The number of nitrogens with zero attached hydrogens (tertiary/aromatic N) is 2. The first kappa shape index (κ1) is 9.30. The molecule has 4 heteroatoms. The van der Waals surface area contributed by atoms with Crippen LogP contribution in [0.3, 0.4) is 0 Å². The Morgan fingerprint density at radius 1 is 1.36 bits per heavy atom. The van der Waals surface area contributed by atoms with Gasteiger partial charge in [0.2, 0.25) is 0 Å². The van der Waals surface area contributed by atoms with Crippen molar-refractivity contribution in [3.63, 3.8) is 0 Å². The van der Waals surface area contributed by atoms with E-state index < -0.39 is 0 Å². The topological polar surface area (TPSA) is 51.8 Å². The lowest BCUT2D eigenvalue weighted by Gasteiger charge is -2.09. The van der Waals surface area contributed by atoms with Gasteiger partial charge in [-0.2, -0.15) is 21.5 Å². The van der Waals surface area contributed by atoms with Crippen molar-refractivity contribution >= 4 is 11.3 Å². The summed E-state index contributed by atoms with van der Waals surface area (Å²) in [5, 5.41) is 11.7. The van der Waals surface area contributed by atoms with E-state index in [-0.39, 0.29) is 6.04 Å². The molecule has 2 heterocycles. The van der Waals surface area contributed by atoms with E-state index in [1.807, 2.05) is 6.07 Å². The van der Waals surface area contributed by atoms with Gasteiger partial charge in [0.25, 0.3) is 0 Å². The molecule has 0 amide bonds. The fraction of sp³-hybridized carbons (Fsp3) is 0.200. The molecule has 0 aliphatic carbocycles. The van der Waals surface area contributed by atoms with Gasteiger partial charge in [0.1, 0.15) is 0 Å². The molecule has 0 aromatic carbocycles. The minimum absolute atomic E-state index is 0.0140. The molecule has 1 atom stereocenters. The molecule has 3 nitrogen and oxygen atoms in total. The first-order valence-electron chi connectivity index (χ1n) is 4.39. The number of thiophene rings is 1. The van der Waals surface area contributed by atoms with Gasteiger partial charge in [-0.15, -0.1) is 0 Å². The molecule has 0 aliphatic heterocycles. The zero-order valence-corrected chi connectivity index (χ0v) is 8.45. The van der Waals surface area contributed by atoms with Crippen molar-refractivity contribution in [2.24, 2.45) is 5.73 Å². The molecule has 14 heavy (non-hydrogen) atoms. The van der Waals surface area contributed by atoms with E-state index in [1.165, 1.54) is 5.56 Å². The Kier molecular flexibility index (Phi) is 2.86. The summed E-state index contributed by atoms with van der Waals surface area (Å²) in [6, 6.07) is 4.02. The van der Waals surface area contributed by atoms with Crippen LogP contribution in [-0.4, -0.2) is 10.2 Å². The van der Waals surface area contributed by atoms with Crippen molar-refractivity contribution in [2.45, 2.75) is 12.5 Å². The third-order valence-corrected chi connectivity index (χ3v) is 2.80. The lowest BCUT2D eigenvalue weighted by atomic mass is 10.0. The second kappa shape index (κ2) is 4.30. The van der Waals surface area contributed by atoms with Crippen LogP contribution in [0.15, 0.2) is 35.3 Å². The quantitative estimate of drug-likeness (QED) is 0.831. The monoisotopic (exact) mass is 205 g/mol. The van der Waals surface area contributed by atoms with Gasteiger partial charge in [-0.25, -0.2) is 0 Å². The van der Waals surface area contributed by atoms with E-state index in [9.17, 15) is 0 Å². The van der Waals surface area contributed by atoms with Gasteiger partial charge in [-0.3, -0.25) is 0 Å². The molecule has 2 N–H and O–H groups in total. The molecular weight excluding hydrogens is 194 g/mol. The van der Waals surface area contributed by atoms with Gasteiger partial charge in [0.15, 0.2) is 0 Å². The molecular formula is C10H11N3S. The largest absolute Gasteiger partial charge is 0.324 e. The van der Waals surface area contributed by atoms with Crippen LogP contribution in [0.2, 0.25) is 0 Å². The van der Waals surface area contributed by atoms with Crippen LogP contribution < -0.4 is 5.73 Å². The van der Waals surface area contributed by atoms with E-state index >= 15 is 0 Å². The van der Waals surface area contributed by atoms with Gasteiger partial charge in [0.05, 0.1) is 6.20 Å². The van der Waals surface area contributed by atoms with Crippen molar-refractivity contribution < 1.29 is 0 Å². The normalized spacial score (nSPS) is 12.6. The number of hydrogen-bond acceptors (Lipinski definition) is 4. The van der Waals surface area contributed by atoms with E-state index in [1.54, 1.807) is 23.7 Å². The van der Waals surface area contributed by atoms with Crippen LogP contribution in [0.25, 0.3) is 0 Å². The third kappa shape index (κ3) is 2.16. The number of hydrogen-bond donors (Lipinski definition) is 1.